The Labute approximate surface area is 114 Å². The highest BCUT2D eigenvalue weighted by atomic mass is 79.9. The van der Waals surface area contributed by atoms with Crippen molar-refractivity contribution in [2.24, 2.45) is 0 Å². The van der Waals surface area contributed by atoms with E-state index in [1.165, 1.54) is 11.1 Å². The molecule has 92 valence electrons. The van der Waals surface area contributed by atoms with Gasteiger partial charge in [-0.3, -0.25) is 0 Å². The molecule has 2 nitrogen and oxygen atoms in total. The van der Waals surface area contributed by atoms with Crippen molar-refractivity contribution in [2.75, 3.05) is 13.2 Å². The molecule has 2 aliphatic rings. The minimum atomic E-state index is 0.501. The van der Waals surface area contributed by atoms with Crippen LogP contribution in [0.1, 0.15) is 29.5 Å². The maximum atomic E-state index is 6.10. The molecule has 0 amide bonds. The first kappa shape index (κ1) is 11.7. The molecule has 4 heteroatoms. The Kier molecular flexibility index (Phi) is 3.22. The van der Waals surface area contributed by atoms with Crippen LogP contribution in [-0.4, -0.2) is 13.2 Å². The van der Waals surface area contributed by atoms with Gasteiger partial charge in [-0.05, 0) is 41.6 Å². The fourth-order valence-electron chi connectivity index (χ4n) is 2.63. The van der Waals surface area contributed by atoms with Crippen LogP contribution in [0, 0.1) is 0 Å². The SMILES string of the molecule is ClCc1c2c(c(Br)c3c1OCCC3)OCCC2. The summed E-state index contributed by atoms with van der Waals surface area (Å²) in [6, 6.07) is 0. The van der Waals surface area contributed by atoms with Gasteiger partial charge in [-0.15, -0.1) is 11.6 Å². The minimum Gasteiger partial charge on any atom is -0.493 e. The summed E-state index contributed by atoms with van der Waals surface area (Å²) in [7, 11) is 0. The van der Waals surface area contributed by atoms with Crippen molar-refractivity contribution in [1.82, 2.24) is 0 Å². The van der Waals surface area contributed by atoms with Gasteiger partial charge in [-0.1, -0.05) is 0 Å². The van der Waals surface area contributed by atoms with Crippen LogP contribution in [0.5, 0.6) is 11.5 Å². The standard InChI is InChI=1S/C13H14BrClO2/c14-11-9-4-2-5-16-12(9)10(7-15)8-3-1-6-17-13(8)11/h1-7H2. The van der Waals surface area contributed by atoms with Gasteiger partial charge in [0.1, 0.15) is 11.5 Å². The number of ether oxygens (including phenoxy) is 2. The summed E-state index contributed by atoms with van der Waals surface area (Å²) in [5, 5.41) is 0. The molecule has 0 aromatic heterocycles. The summed E-state index contributed by atoms with van der Waals surface area (Å²) < 4.78 is 12.7. The molecule has 0 fully saturated rings. The van der Waals surface area contributed by atoms with E-state index in [1.54, 1.807) is 0 Å². The molecule has 2 aliphatic heterocycles. The van der Waals surface area contributed by atoms with Crippen molar-refractivity contribution in [2.45, 2.75) is 31.6 Å². The number of fused-ring (bicyclic) bond motifs is 2. The zero-order valence-corrected chi connectivity index (χ0v) is 11.9. The molecule has 3 rings (SSSR count). The summed E-state index contributed by atoms with van der Waals surface area (Å²) in [5.41, 5.74) is 3.60. The predicted molar refractivity (Wildman–Crippen MR) is 71.3 cm³/mol. The first-order chi connectivity index (χ1) is 8.33. The summed E-state index contributed by atoms with van der Waals surface area (Å²) >= 11 is 9.77. The van der Waals surface area contributed by atoms with Gasteiger partial charge in [-0.2, -0.15) is 0 Å². The highest BCUT2D eigenvalue weighted by Crippen LogP contribution is 2.46. The molecule has 17 heavy (non-hydrogen) atoms. The number of hydrogen-bond donors (Lipinski definition) is 0. The summed E-state index contributed by atoms with van der Waals surface area (Å²) in [5.74, 6) is 2.50. The smallest absolute Gasteiger partial charge is 0.137 e. The Morgan fingerprint density at radius 2 is 1.65 bits per heavy atom. The zero-order chi connectivity index (χ0) is 11.8. The molecule has 0 N–H and O–H groups in total. The van der Waals surface area contributed by atoms with Crippen molar-refractivity contribution in [3.05, 3.63) is 21.2 Å². The Hall–Kier alpha value is -0.410. The van der Waals surface area contributed by atoms with Crippen LogP contribution in [0.2, 0.25) is 0 Å². The first-order valence-corrected chi connectivity index (χ1v) is 7.33. The molecule has 0 atom stereocenters. The molecule has 0 aliphatic carbocycles. The Morgan fingerprint density at radius 1 is 1.00 bits per heavy atom. The lowest BCUT2D eigenvalue weighted by atomic mass is 9.94. The van der Waals surface area contributed by atoms with E-state index >= 15 is 0 Å². The molecule has 0 bridgehead atoms. The topological polar surface area (TPSA) is 18.5 Å². The van der Waals surface area contributed by atoms with Crippen LogP contribution in [0.25, 0.3) is 0 Å². The Bertz CT molecular complexity index is 422. The molecule has 0 spiro atoms. The second kappa shape index (κ2) is 4.69. The van der Waals surface area contributed by atoms with Gasteiger partial charge in [-0.25, -0.2) is 0 Å². The summed E-state index contributed by atoms with van der Waals surface area (Å²) in [4.78, 5) is 0. The van der Waals surface area contributed by atoms with Crippen LogP contribution in [0.3, 0.4) is 0 Å². The average Bonchev–Trinajstić information content (AvgIpc) is 2.40. The number of benzene rings is 1. The van der Waals surface area contributed by atoms with Crippen molar-refractivity contribution in [1.29, 1.82) is 0 Å². The van der Waals surface area contributed by atoms with Gasteiger partial charge in [0.25, 0.3) is 0 Å². The molecule has 1 aromatic carbocycles. The Balaban J connectivity index is 2.25. The largest absolute Gasteiger partial charge is 0.493 e. The first-order valence-electron chi connectivity index (χ1n) is 6.00. The van der Waals surface area contributed by atoms with Crippen molar-refractivity contribution in [3.63, 3.8) is 0 Å². The van der Waals surface area contributed by atoms with Gasteiger partial charge < -0.3 is 9.47 Å². The minimum absolute atomic E-state index is 0.501. The lowest BCUT2D eigenvalue weighted by Gasteiger charge is -2.28. The van der Waals surface area contributed by atoms with E-state index in [4.69, 9.17) is 21.1 Å². The van der Waals surface area contributed by atoms with Gasteiger partial charge >= 0.3 is 0 Å². The van der Waals surface area contributed by atoms with Gasteiger partial charge in [0.2, 0.25) is 0 Å². The Morgan fingerprint density at radius 3 is 2.35 bits per heavy atom. The van der Waals surface area contributed by atoms with Crippen LogP contribution in [-0.2, 0) is 18.7 Å². The van der Waals surface area contributed by atoms with E-state index in [2.05, 4.69) is 15.9 Å². The number of halogens is 2. The van der Waals surface area contributed by atoms with Crippen LogP contribution in [0.4, 0.5) is 0 Å². The fourth-order valence-corrected chi connectivity index (χ4v) is 3.64. The van der Waals surface area contributed by atoms with Gasteiger partial charge in [0.05, 0.1) is 23.6 Å². The quantitative estimate of drug-likeness (QED) is 0.733. The van der Waals surface area contributed by atoms with E-state index in [1.807, 2.05) is 0 Å². The molecule has 0 saturated heterocycles. The maximum absolute atomic E-state index is 6.10. The highest BCUT2D eigenvalue weighted by Gasteiger charge is 2.27. The monoisotopic (exact) mass is 316 g/mol. The number of alkyl halides is 1. The lowest BCUT2D eigenvalue weighted by Crippen LogP contribution is -2.17. The van der Waals surface area contributed by atoms with Crippen molar-refractivity contribution < 1.29 is 9.47 Å². The van der Waals surface area contributed by atoms with E-state index < -0.39 is 0 Å². The van der Waals surface area contributed by atoms with Crippen LogP contribution < -0.4 is 9.47 Å². The second-order valence-corrected chi connectivity index (χ2v) is 5.51. The predicted octanol–water partition coefficient (Wildman–Crippen LogP) is 3.84. The fraction of sp³-hybridized carbons (Fsp3) is 0.538. The average molecular weight is 318 g/mol. The third-order valence-electron chi connectivity index (χ3n) is 3.42. The molecular formula is C13H14BrClO2. The zero-order valence-electron chi connectivity index (χ0n) is 9.52. The molecule has 0 saturated carbocycles. The van der Waals surface area contributed by atoms with Crippen LogP contribution in [0.15, 0.2) is 4.47 Å². The van der Waals surface area contributed by atoms with E-state index in [0.29, 0.717) is 5.88 Å². The third-order valence-corrected chi connectivity index (χ3v) is 4.53. The highest BCUT2D eigenvalue weighted by molar-refractivity contribution is 9.10. The van der Waals surface area contributed by atoms with E-state index in [9.17, 15) is 0 Å². The molecule has 0 unspecified atom stereocenters. The van der Waals surface area contributed by atoms with Gasteiger partial charge in [0, 0.05) is 16.7 Å². The third kappa shape index (κ3) is 1.84. The number of rotatable bonds is 1. The normalized spacial score (nSPS) is 17.8. The van der Waals surface area contributed by atoms with Crippen molar-refractivity contribution in [3.8, 4) is 11.5 Å². The molecule has 1 aromatic rings. The summed E-state index contributed by atoms with van der Waals surface area (Å²) in [6.45, 7) is 1.59. The van der Waals surface area contributed by atoms with Crippen molar-refractivity contribution >= 4 is 27.5 Å². The van der Waals surface area contributed by atoms with Crippen LogP contribution >= 0.6 is 27.5 Å². The maximum Gasteiger partial charge on any atom is 0.137 e. The summed E-state index contributed by atoms with van der Waals surface area (Å²) in [6.07, 6.45) is 4.19. The van der Waals surface area contributed by atoms with E-state index in [-0.39, 0.29) is 0 Å². The van der Waals surface area contributed by atoms with Gasteiger partial charge in [0.15, 0.2) is 0 Å². The molecule has 0 radical (unpaired) electrons. The van der Waals surface area contributed by atoms with E-state index in [0.717, 1.165) is 60.4 Å². The lowest BCUT2D eigenvalue weighted by molar-refractivity contribution is 0.268. The molecule has 2 heterocycles. The second-order valence-electron chi connectivity index (χ2n) is 4.45. The molecular weight excluding hydrogens is 303 g/mol. The number of hydrogen-bond acceptors (Lipinski definition) is 2.